The van der Waals surface area contributed by atoms with E-state index in [0.29, 0.717) is 13.1 Å². The molecular formula is C21H30IN7O2. The van der Waals surface area contributed by atoms with E-state index in [1.165, 1.54) is 0 Å². The van der Waals surface area contributed by atoms with Crippen molar-refractivity contribution in [3.8, 4) is 5.75 Å². The first-order chi connectivity index (χ1) is 14.7. The van der Waals surface area contributed by atoms with Crippen LogP contribution in [-0.2, 0) is 24.2 Å². The van der Waals surface area contributed by atoms with Gasteiger partial charge in [-0.05, 0) is 25.0 Å². The van der Waals surface area contributed by atoms with Gasteiger partial charge in [0, 0.05) is 39.0 Å². The summed E-state index contributed by atoms with van der Waals surface area (Å²) in [7, 11) is 1.77. The predicted molar refractivity (Wildman–Crippen MR) is 130 cm³/mol. The first-order valence-electron chi connectivity index (χ1n) is 10.6. The molecule has 0 radical (unpaired) electrons. The molecule has 4 rings (SSSR count). The summed E-state index contributed by atoms with van der Waals surface area (Å²) < 4.78 is 7.51. The standard InChI is InChI=1S/C21H29N7O2.HI/c1-3-18-25-19-10-9-15(13-28(19)26-18)24-21(22-2)23-11-6-12-27-16-7-4-5-8-17(16)30-14-20(27)29;/h4-5,7-8,15H,3,6,9-14H2,1-2H3,(H2,22,23,24);1H. The van der Waals surface area contributed by atoms with Crippen molar-refractivity contribution in [2.75, 3.05) is 31.6 Å². The molecule has 2 aromatic rings. The summed E-state index contributed by atoms with van der Waals surface area (Å²) in [6.07, 6.45) is 3.58. The number of anilines is 1. The molecule has 2 aliphatic heterocycles. The molecule has 31 heavy (non-hydrogen) atoms. The number of benzene rings is 1. The third-order valence-corrected chi connectivity index (χ3v) is 5.44. The number of ether oxygens (including phenoxy) is 1. The van der Waals surface area contributed by atoms with E-state index in [0.717, 1.165) is 61.3 Å². The summed E-state index contributed by atoms with van der Waals surface area (Å²) in [5.41, 5.74) is 0.841. The Balaban J connectivity index is 0.00000272. The van der Waals surface area contributed by atoms with Gasteiger partial charge in [-0.1, -0.05) is 19.1 Å². The minimum absolute atomic E-state index is 0. The summed E-state index contributed by atoms with van der Waals surface area (Å²) >= 11 is 0. The molecule has 0 saturated heterocycles. The zero-order valence-electron chi connectivity index (χ0n) is 18.0. The fourth-order valence-corrected chi connectivity index (χ4v) is 3.86. The van der Waals surface area contributed by atoms with Crippen LogP contribution in [0.15, 0.2) is 29.3 Å². The lowest BCUT2D eigenvalue weighted by Gasteiger charge is -2.29. The molecule has 1 aromatic carbocycles. The minimum atomic E-state index is -0.00602. The number of amides is 1. The topological polar surface area (TPSA) is 96.7 Å². The number of nitrogens with zero attached hydrogens (tertiary/aromatic N) is 5. The third-order valence-electron chi connectivity index (χ3n) is 5.44. The van der Waals surface area contributed by atoms with E-state index >= 15 is 0 Å². The Kier molecular flexibility index (Phi) is 8.10. The number of para-hydroxylation sites is 2. The number of fused-ring (bicyclic) bond motifs is 2. The first-order valence-corrected chi connectivity index (χ1v) is 10.6. The van der Waals surface area contributed by atoms with Crippen LogP contribution in [0.2, 0.25) is 0 Å². The van der Waals surface area contributed by atoms with Crippen molar-refractivity contribution in [1.82, 2.24) is 25.4 Å². The van der Waals surface area contributed by atoms with Gasteiger partial charge in [-0.2, -0.15) is 5.10 Å². The highest BCUT2D eigenvalue weighted by Crippen LogP contribution is 2.31. The second-order valence-corrected chi connectivity index (χ2v) is 7.51. The van der Waals surface area contributed by atoms with E-state index in [9.17, 15) is 4.79 Å². The van der Waals surface area contributed by atoms with Gasteiger partial charge in [0.1, 0.15) is 11.6 Å². The SMILES string of the molecule is CCc1nc2n(n1)CC(NC(=NC)NCCCN1C(=O)COc3ccccc31)CC2.I. The van der Waals surface area contributed by atoms with Crippen LogP contribution in [0.5, 0.6) is 5.75 Å². The fourth-order valence-electron chi connectivity index (χ4n) is 3.86. The molecule has 0 saturated carbocycles. The number of guanidine groups is 1. The maximum absolute atomic E-state index is 12.3. The number of aliphatic imine (C=N–C) groups is 1. The molecule has 0 aliphatic carbocycles. The Morgan fingerprint density at radius 2 is 2.19 bits per heavy atom. The van der Waals surface area contributed by atoms with E-state index in [4.69, 9.17) is 4.74 Å². The Hall–Kier alpha value is -2.37. The molecule has 1 atom stereocenters. The molecule has 10 heteroatoms. The average Bonchev–Trinajstić information content (AvgIpc) is 3.19. The number of halogens is 1. The van der Waals surface area contributed by atoms with Gasteiger partial charge in [0.2, 0.25) is 0 Å². The molecule has 0 spiro atoms. The summed E-state index contributed by atoms with van der Waals surface area (Å²) in [6, 6.07) is 7.92. The molecule has 1 aromatic heterocycles. The van der Waals surface area contributed by atoms with Crippen LogP contribution in [-0.4, -0.2) is 59.4 Å². The van der Waals surface area contributed by atoms with Crippen LogP contribution in [0.1, 0.15) is 31.4 Å². The average molecular weight is 539 g/mol. The Bertz CT molecular complexity index is 930. The molecule has 0 bridgehead atoms. The zero-order valence-corrected chi connectivity index (χ0v) is 20.3. The predicted octanol–water partition coefficient (Wildman–Crippen LogP) is 1.75. The van der Waals surface area contributed by atoms with Crippen LogP contribution in [0.25, 0.3) is 0 Å². The minimum Gasteiger partial charge on any atom is -0.482 e. The summed E-state index contributed by atoms with van der Waals surface area (Å²) in [6.45, 7) is 4.32. The Morgan fingerprint density at radius 1 is 1.35 bits per heavy atom. The molecule has 168 valence electrons. The normalized spacial score (nSPS) is 17.9. The molecule has 3 heterocycles. The van der Waals surface area contributed by atoms with E-state index in [-0.39, 0.29) is 42.5 Å². The van der Waals surface area contributed by atoms with Gasteiger partial charge in [0.15, 0.2) is 18.4 Å². The van der Waals surface area contributed by atoms with Crippen molar-refractivity contribution in [2.45, 2.75) is 45.2 Å². The van der Waals surface area contributed by atoms with Crippen molar-refractivity contribution in [1.29, 1.82) is 0 Å². The lowest BCUT2D eigenvalue weighted by molar-refractivity contribution is -0.121. The van der Waals surface area contributed by atoms with Gasteiger partial charge in [-0.15, -0.1) is 24.0 Å². The van der Waals surface area contributed by atoms with Crippen LogP contribution in [0.3, 0.4) is 0 Å². The van der Waals surface area contributed by atoms with Crippen LogP contribution in [0.4, 0.5) is 5.69 Å². The maximum Gasteiger partial charge on any atom is 0.265 e. The highest BCUT2D eigenvalue weighted by Gasteiger charge is 2.25. The molecule has 2 aliphatic rings. The summed E-state index contributed by atoms with van der Waals surface area (Å²) in [4.78, 5) is 23.0. The van der Waals surface area contributed by atoms with E-state index < -0.39 is 0 Å². The quantitative estimate of drug-likeness (QED) is 0.252. The van der Waals surface area contributed by atoms with Gasteiger partial charge >= 0.3 is 0 Å². The Morgan fingerprint density at radius 3 is 3.00 bits per heavy atom. The number of hydrogen-bond donors (Lipinski definition) is 2. The Labute approximate surface area is 199 Å². The van der Waals surface area contributed by atoms with Gasteiger partial charge in [0.05, 0.1) is 12.2 Å². The van der Waals surface area contributed by atoms with Crippen molar-refractivity contribution >= 4 is 41.5 Å². The largest absolute Gasteiger partial charge is 0.482 e. The number of aryl methyl sites for hydroxylation is 2. The van der Waals surface area contributed by atoms with Crippen molar-refractivity contribution in [3.63, 3.8) is 0 Å². The summed E-state index contributed by atoms with van der Waals surface area (Å²) in [5, 5.41) is 11.4. The van der Waals surface area contributed by atoms with Crippen LogP contribution < -0.4 is 20.3 Å². The number of aromatic nitrogens is 3. The highest BCUT2D eigenvalue weighted by atomic mass is 127. The van der Waals surface area contributed by atoms with Crippen LogP contribution in [0, 0.1) is 0 Å². The van der Waals surface area contributed by atoms with E-state index in [2.05, 4.69) is 32.6 Å². The highest BCUT2D eigenvalue weighted by molar-refractivity contribution is 14.0. The van der Waals surface area contributed by atoms with Crippen molar-refractivity contribution in [2.24, 2.45) is 4.99 Å². The number of carbonyl (C=O) groups excluding carboxylic acids is 1. The van der Waals surface area contributed by atoms with Gasteiger partial charge in [-0.25, -0.2) is 9.67 Å². The number of carbonyl (C=O) groups is 1. The molecule has 2 N–H and O–H groups in total. The third kappa shape index (κ3) is 5.46. The number of rotatable bonds is 6. The van der Waals surface area contributed by atoms with Crippen molar-refractivity contribution in [3.05, 3.63) is 35.9 Å². The van der Waals surface area contributed by atoms with Gasteiger partial charge in [-0.3, -0.25) is 9.79 Å². The van der Waals surface area contributed by atoms with Crippen LogP contribution >= 0.6 is 24.0 Å². The van der Waals surface area contributed by atoms with Gasteiger partial charge in [0.25, 0.3) is 5.91 Å². The maximum atomic E-state index is 12.3. The van der Waals surface area contributed by atoms with E-state index in [1.54, 1.807) is 11.9 Å². The smallest absolute Gasteiger partial charge is 0.265 e. The fraction of sp³-hybridized carbons (Fsp3) is 0.524. The zero-order chi connectivity index (χ0) is 20.9. The molecule has 9 nitrogen and oxygen atoms in total. The first kappa shape index (κ1) is 23.3. The summed E-state index contributed by atoms with van der Waals surface area (Å²) in [5.74, 6) is 3.51. The van der Waals surface area contributed by atoms with E-state index in [1.807, 2.05) is 28.9 Å². The lowest BCUT2D eigenvalue weighted by atomic mass is 10.1. The molecule has 1 amide bonds. The molecule has 0 fully saturated rings. The van der Waals surface area contributed by atoms with Gasteiger partial charge < -0.3 is 20.3 Å². The monoisotopic (exact) mass is 539 g/mol. The second kappa shape index (κ2) is 10.8. The van der Waals surface area contributed by atoms with Crippen molar-refractivity contribution < 1.29 is 9.53 Å². The lowest BCUT2D eigenvalue weighted by Crippen LogP contribution is -2.47. The number of hydrogen-bond acceptors (Lipinski definition) is 5. The molecular weight excluding hydrogens is 509 g/mol. The number of nitrogens with one attached hydrogen (secondary N) is 2. The second-order valence-electron chi connectivity index (χ2n) is 7.51. The molecule has 1 unspecified atom stereocenters.